The number of aliphatic hydroxyl groups is 1. The standard InChI is InChI=1S/C31H42N4O8S/c1-30(2,3)35-17-11-16-31(35,28(38)34-40)19-26(36)24(18-22-12-7-5-8-13-22)32-27(37)25(21-44(4,41)42)33-29(39)43-20-23-14-9-6-10-15-23/h5-10,12-15,24-26,36H,11,16-21H2,1-4H3,(H,32,37)(H,33,39)/t24-,25-,26+,31+/m0/s1. The van der Waals surface area contributed by atoms with Crippen molar-refractivity contribution >= 4 is 27.7 Å². The van der Waals surface area contributed by atoms with E-state index in [0.717, 1.165) is 11.8 Å². The van der Waals surface area contributed by atoms with Crippen LogP contribution in [0, 0.1) is 4.91 Å². The summed E-state index contributed by atoms with van der Waals surface area (Å²) in [6.07, 6.45) is -0.593. The van der Waals surface area contributed by atoms with Crippen molar-refractivity contribution in [1.29, 1.82) is 0 Å². The zero-order valence-electron chi connectivity index (χ0n) is 25.6. The van der Waals surface area contributed by atoms with Crippen LogP contribution in [0.1, 0.15) is 51.2 Å². The van der Waals surface area contributed by atoms with Crippen LogP contribution in [-0.2, 0) is 37.2 Å². The smallest absolute Gasteiger partial charge is 0.408 e. The van der Waals surface area contributed by atoms with E-state index in [9.17, 15) is 32.8 Å². The molecule has 0 unspecified atom stereocenters. The molecule has 4 atom stereocenters. The van der Waals surface area contributed by atoms with E-state index in [1.807, 2.05) is 31.7 Å². The second-order valence-electron chi connectivity index (χ2n) is 12.3. The zero-order chi connectivity index (χ0) is 32.5. The lowest BCUT2D eigenvalue weighted by molar-refractivity contribution is -0.135. The molecule has 1 fully saturated rings. The lowest BCUT2D eigenvalue weighted by Gasteiger charge is -2.45. The highest BCUT2D eigenvalue weighted by molar-refractivity contribution is 7.90. The maximum atomic E-state index is 13.6. The molecule has 0 bridgehead atoms. The molecule has 0 spiro atoms. The predicted molar refractivity (Wildman–Crippen MR) is 165 cm³/mol. The number of hydrogen-bond donors (Lipinski definition) is 3. The van der Waals surface area contributed by atoms with Crippen molar-refractivity contribution in [3.8, 4) is 0 Å². The topological polar surface area (TPSA) is 172 Å². The first-order valence-electron chi connectivity index (χ1n) is 14.5. The zero-order valence-corrected chi connectivity index (χ0v) is 26.4. The Morgan fingerprint density at radius 1 is 1.02 bits per heavy atom. The molecule has 0 saturated carbocycles. The van der Waals surface area contributed by atoms with Crippen molar-refractivity contribution in [1.82, 2.24) is 15.5 Å². The number of likely N-dealkylation sites (tertiary alicyclic amines) is 1. The number of nitrogens with one attached hydrogen (secondary N) is 2. The third-order valence-corrected chi connectivity index (χ3v) is 8.65. The number of aliphatic hydroxyl groups excluding tert-OH is 1. The molecule has 2 aromatic rings. The molecule has 3 N–H and O–H groups in total. The largest absolute Gasteiger partial charge is 0.445 e. The van der Waals surface area contributed by atoms with Crippen LogP contribution in [0.25, 0.3) is 0 Å². The van der Waals surface area contributed by atoms with Gasteiger partial charge in [0.25, 0.3) is 0 Å². The molecule has 240 valence electrons. The number of ether oxygens (including phenoxy) is 1. The van der Waals surface area contributed by atoms with Crippen molar-refractivity contribution < 1.29 is 32.6 Å². The molecule has 0 aliphatic carbocycles. The van der Waals surface area contributed by atoms with E-state index in [2.05, 4.69) is 15.8 Å². The number of rotatable bonds is 13. The van der Waals surface area contributed by atoms with Gasteiger partial charge in [0.1, 0.15) is 28.0 Å². The van der Waals surface area contributed by atoms with Crippen LogP contribution in [0.15, 0.2) is 65.8 Å². The summed E-state index contributed by atoms with van der Waals surface area (Å²) >= 11 is 0. The number of alkyl carbamates (subject to hydrolysis) is 1. The average Bonchev–Trinajstić information content (AvgIpc) is 3.40. The molecule has 44 heavy (non-hydrogen) atoms. The normalized spacial score (nSPS) is 19.4. The van der Waals surface area contributed by atoms with E-state index in [4.69, 9.17) is 4.74 Å². The van der Waals surface area contributed by atoms with Crippen LogP contribution in [0.2, 0.25) is 0 Å². The number of carbonyl (C=O) groups is 3. The summed E-state index contributed by atoms with van der Waals surface area (Å²) in [5.74, 6) is -2.48. The van der Waals surface area contributed by atoms with Gasteiger partial charge in [-0.1, -0.05) is 60.7 Å². The first-order chi connectivity index (χ1) is 20.6. The summed E-state index contributed by atoms with van der Waals surface area (Å²) in [6, 6.07) is 15.2. The summed E-state index contributed by atoms with van der Waals surface area (Å²) in [7, 11) is -3.75. The van der Waals surface area contributed by atoms with Gasteiger partial charge in [0.15, 0.2) is 0 Å². The van der Waals surface area contributed by atoms with Crippen molar-refractivity contribution in [2.24, 2.45) is 5.18 Å². The fourth-order valence-corrected chi connectivity index (χ4v) is 6.62. The van der Waals surface area contributed by atoms with Gasteiger partial charge in [-0.15, -0.1) is 4.91 Å². The molecular weight excluding hydrogens is 588 g/mol. The Kier molecular flexibility index (Phi) is 11.8. The van der Waals surface area contributed by atoms with Gasteiger partial charge in [-0.25, -0.2) is 13.2 Å². The number of hydrogen-bond acceptors (Lipinski definition) is 9. The van der Waals surface area contributed by atoms with Crippen molar-refractivity contribution in [2.45, 2.75) is 82.3 Å². The second-order valence-corrected chi connectivity index (χ2v) is 14.5. The minimum Gasteiger partial charge on any atom is -0.445 e. The van der Waals surface area contributed by atoms with Crippen LogP contribution < -0.4 is 10.6 Å². The first-order valence-corrected chi connectivity index (χ1v) is 16.5. The lowest BCUT2D eigenvalue weighted by atomic mass is 9.82. The Morgan fingerprint density at radius 3 is 2.16 bits per heavy atom. The summed E-state index contributed by atoms with van der Waals surface area (Å²) in [4.78, 5) is 52.6. The Bertz CT molecular complexity index is 1400. The number of sulfone groups is 1. The molecule has 1 saturated heterocycles. The maximum absolute atomic E-state index is 13.6. The van der Waals surface area contributed by atoms with Gasteiger partial charge in [0.05, 0.1) is 17.9 Å². The molecule has 3 rings (SSSR count). The fourth-order valence-electron chi connectivity index (χ4n) is 5.78. The van der Waals surface area contributed by atoms with Gasteiger partial charge in [-0.05, 0) is 57.7 Å². The van der Waals surface area contributed by atoms with Crippen LogP contribution in [0.4, 0.5) is 4.79 Å². The van der Waals surface area contributed by atoms with Crippen LogP contribution in [0.5, 0.6) is 0 Å². The van der Waals surface area contributed by atoms with Gasteiger partial charge in [-0.3, -0.25) is 14.5 Å². The molecule has 2 aromatic carbocycles. The van der Waals surface area contributed by atoms with Crippen molar-refractivity contribution in [3.63, 3.8) is 0 Å². The lowest BCUT2D eigenvalue weighted by Crippen LogP contribution is -2.61. The Balaban J connectivity index is 1.86. The number of carbonyl (C=O) groups excluding carboxylic acids is 3. The summed E-state index contributed by atoms with van der Waals surface area (Å²) in [5, 5.41) is 19.4. The Morgan fingerprint density at radius 2 is 1.61 bits per heavy atom. The van der Waals surface area contributed by atoms with E-state index in [-0.39, 0.29) is 19.4 Å². The van der Waals surface area contributed by atoms with E-state index in [1.54, 1.807) is 54.6 Å². The average molecular weight is 631 g/mol. The van der Waals surface area contributed by atoms with E-state index in [1.165, 1.54) is 0 Å². The molecule has 0 radical (unpaired) electrons. The Hall–Kier alpha value is -3.68. The van der Waals surface area contributed by atoms with Crippen LogP contribution in [0.3, 0.4) is 0 Å². The molecule has 3 amide bonds. The van der Waals surface area contributed by atoms with E-state index < -0.39 is 62.8 Å². The van der Waals surface area contributed by atoms with Crippen molar-refractivity contribution in [3.05, 3.63) is 76.7 Å². The maximum Gasteiger partial charge on any atom is 0.408 e. The second kappa shape index (κ2) is 14.9. The minimum atomic E-state index is -3.75. The molecule has 12 nitrogen and oxygen atoms in total. The van der Waals surface area contributed by atoms with Gasteiger partial charge in [0.2, 0.25) is 5.91 Å². The van der Waals surface area contributed by atoms with E-state index in [0.29, 0.717) is 24.9 Å². The third kappa shape index (κ3) is 9.66. The van der Waals surface area contributed by atoms with Crippen molar-refractivity contribution in [2.75, 3.05) is 18.6 Å². The minimum absolute atomic E-state index is 0.0968. The molecule has 1 aliphatic heterocycles. The van der Waals surface area contributed by atoms with Gasteiger partial charge < -0.3 is 20.5 Å². The highest BCUT2D eigenvalue weighted by Gasteiger charge is 2.53. The Labute approximate surface area is 258 Å². The highest BCUT2D eigenvalue weighted by atomic mass is 32.2. The quantitative estimate of drug-likeness (QED) is 0.282. The van der Waals surface area contributed by atoms with E-state index >= 15 is 0 Å². The molecule has 1 aliphatic rings. The third-order valence-electron chi connectivity index (χ3n) is 7.71. The summed E-state index contributed by atoms with van der Waals surface area (Å²) < 4.78 is 29.6. The number of amides is 3. The number of nitrogens with zero attached hydrogens (tertiary/aromatic N) is 2. The highest BCUT2D eigenvalue weighted by Crippen LogP contribution is 2.40. The summed E-state index contributed by atoms with van der Waals surface area (Å²) in [5.41, 5.74) is -0.466. The number of nitroso groups, excluding NO2 is 1. The van der Waals surface area contributed by atoms with Gasteiger partial charge in [-0.2, -0.15) is 0 Å². The predicted octanol–water partition coefficient (Wildman–Crippen LogP) is 2.73. The molecule has 13 heteroatoms. The van der Waals surface area contributed by atoms with Gasteiger partial charge in [0, 0.05) is 23.4 Å². The molecular formula is C31H42N4O8S. The van der Waals surface area contributed by atoms with Crippen LogP contribution >= 0.6 is 0 Å². The monoisotopic (exact) mass is 630 g/mol. The SMILES string of the molecule is CC(C)(C)N1CCC[C@@]1(C[C@@H](O)[C@H](Cc1ccccc1)NC(=O)[C@H](CS(C)(=O)=O)NC(=O)OCc1ccccc1)C(=O)N=O. The first kappa shape index (κ1) is 34.8. The molecule has 1 heterocycles. The number of benzene rings is 2. The molecule has 0 aromatic heterocycles. The fraction of sp³-hybridized carbons (Fsp3) is 0.516. The summed E-state index contributed by atoms with van der Waals surface area (Å²) in [6.45, 7) is 6.12. The van der Waals surface area contributed by atoms with Gasteiger partial charge >= 0.3 is 12.0 Å². The van der Waals surface area contributed by atoms with Crippen LogP contribution in [-0.4, -0.2) is 84.2 Å².